The van der Waals surface area contributed by atoms with Crippen LogP contribution in [0, 0.1) is 0 Å². The lowest BCUT2D eigenvalue weighted by Gasteiger charge is -2.06. The molecule has 0 spiro atoms. The molecule has 3 rings (SSSR count). The van der Waals surface area contributed by atoms with Crippen LogP contribution in [0.5, 0.6) is 0 Å². The number of aryl methyl sites for hydroxylation is 1. The monoisotopic (exact) mass is 379 g/mol. The Balaban J connectivity index is 2.06. The Bertz CT molecular complexity index is 1070. The van der Waals surface area contributed by atoms with Gasteiger partial charge in [-0.1, -0.05) is 35.5 Å². The first-order chi connectivity index (χ1) is 11.9. The van der Waals surface area contributed by atoms with Crippen LogP contribution in [-0.4, -0.2) is 25.0 Å². The van der Waals surface area contributed by atoms with E-state index in [9.17, 15) is 14.4 Å². The number of imidazole rings is 1. The van der Waals surface area contributed by atoms with Gasteiger partial charge in [0, 0.05) is 17.8 Å². The maximum atomic E-state index is 12.2. The maximum absolute atomic E-state index is 12.2. The number of aromatic amines is 1. The zero-order valence-corrected chi connectivity index (χ0v) is 14.7. The fourth-order valence-corrected chi connectivity index (χ4v) is 3.43. The molecule has 0 unspecified atom stereocenters. The minimum absolute atomic E-state index is 0.138. The number of halogens is 1. The van der Waals surface area contributed by atoms with Crippen LogP contribution in [0.4, 0.5) is 0 Å². The van der Waals surface area contributed by atoms with Gasteiger partial charge in [0.1, 0.15) is 6.54 Å². The normalized spacial score (nSPS) is 11.1. The number of fused-ring (bicyclic) bond motifs is 1. The highest BCUT2D eigenvalue weighted by Crippen LogP contribution is 2.25. The van der Waals surface area contributed by atoms with Crippen molar-refractivity contribution >= 4 is 40.4 Å². The summed E-state index contributed by atoms with van der Waals surface area (Å²) >= 11 is 7.20. The molecule has 25 heavy (non-hydrogen) atoms. The predicted octanol–water partition coefficient (Wildman–Crippen LogP) is 0.854. The molecule has 3 aromatic rings. The zero-order valence-electron chi connectivity index (χ0n) is 13.2. The Labute approximate surface area is 150 Å². The van der Waals surface area contributed by atoms with E-state index in [1.165, 1.54) is 27.9 Å². The second-order valence-corrected chi connectivity index (χ2v) is 6.73. The molecule has 2 heterocycles. The van der Waals surface area contributed by atoms with Crippen LogP contribution in [0.15, 0.2) is 39.0 Å². The lowest BCUT2D eigenvalue weighted by Crippen LogP contribution is -2.30. The molecule has 0 aliphatic rings. The number of carbonyl (C=O) groups is 1. The lowest BCUT2D eigenvalue weighted by molar-refractivity contribution is -0.118. The van der Waals surface area contributed by atoms with Crippen molar-refractivity contribution in [3.05, 3.63) is 55.7 Å². The van der Waals surface area contributed by atoms with Crippen LogP contribution in [-0.2, 0) is 24.1 Å². The molecule has 2 aromatic heterocycles. The van der Waals surface area contributed by atoms with Gasteiger partial charge in [-0.2, -0.15) is 0 Å². The molecule has 0 aliphatic carbocycles. The van der Waals surface area contributed by atoms with Crippen molar-refractivity contribution in [3.8, 4) is 0 Å². The summed E-state index contributed by atoms with van der Waals surface area (Å²) in [6.45, 7) is -0.208. The number of primary amides is 1. The molecule has 10 heteroatoms. The smallest absolute Gasteiger partial charge is 0.329 e. The third-order valence-corrected chi connectivity index (χ3v) is 4.87. The second-order valence-electron chi connectivity index (χ2n) is 5.35. The average Bonchev–Trinajstić information content (AvgIpc) is 2.91. The number of aromatic nitrogens is 4. The van der Waals surface area contributed by atoms with Crippen LogP contribution in [0.1, 0.15) is 5.56 Å². The van der Waals surface area contributed by atoms with Crippen molar-refractivity contribution in [2.24, 2.45) is 12.8 Å². The highest BCUT2D eigenvalue weighted by Gasteiger charge is 2.18. The van der Waals surface area contributed by atoms with Gasteiger partial charge in [-0.25, -0.2) is 9.78 Å². The largest absolute Gasteiger partial charge is 0.368 e. The van der Waals surface area contributed by atoms with Gasteiger partial charge < -0.3 is 10.3 Å². The van der Waals surface area contributed by atoms with Crippen molar-refractivity contribution in [2.45, 2.75) is 17.5 Å². The van der Waals surface area contributed by atoms with E-state index >= 15 is 0 Å². The molecule has 1 amide bonds. The molecular weight excluding hydrogens is 366 g/mol. The Morgan fingerprint density at radius 1 is 1.32 bits per heavy atom. The van der Waals surface area contributed by atoms with Crippen LogP contribution in [0.3, 0.4) is 0 Å². The zero-order chi connectivity index (χ0) is 18.1. The molecular formula is C15H14ClN5O3S. The molecule has 0 saturated heterocycles. The predicted molar refractivity (Wildman–Crippen MR) is 95.8 cm³/mol. The van der Waals surface area contributed by atoms with Gasteiger partial charge in [-0.15, -0.1) is 0 Å². The number of nitrogens with zero attached hydrogens (tertiary/aromatic N) is 3. The van der Waals surface area contributed by atoms with E-state index in [1.807, 2.05) is 12.1 Å². The fraction of sp³-hybridized carbons (Fsp3) is 0.200. The number of rotatable bonds is 5. The van der Waals surface area contributed by atoms with Crippen molar-refractivity contribution in [1.29, 1.82) is 0 Å². The van der Waals surface area contributed by atoms with Crippen LogP contribution < -0.4 is 17.0 Å². The highest BCUT2D eigenvalue weighted by molar-refractivity contribution is 7.98. The van der Waals surface area contributed by atoms with Gasteiger partial charge in [0.25, 0.3) is 5.56 Å². The van der Waals surface area contributed by atoms with Crippen LogP contribution >= 0.6 is 23.4 Å². The second kappa shape index (κ2) is 6.77. The first-order valence-corrected chi connectivity index (χ1v) is 8.58. The maximum Gasteiger partial charge on any atom is 0.329 e. The lowest BCUT2D eigenvalue weighted by atomic mass is 10.2. The average molecular weight is 380 g/mol. The summed E-state index contributed by atoms with van der Waals surface area (Å²) in [6.07, 6.45) is 0. The summed E-state index contributed by atoms with van der Waals surface area (Å²) < 4.78 is 2.65. The summed E-state index contributed by atoms with van der Waals surface area (Å²) in [5.41, 5.74) is 5.45. The van der Waals surface area contributed by atoms with Gasteiger partial charge in [-0.05, 0) is 17.7 Å². The van der Waals surface area contributed by atoms with E-state index in [1.54, 1.807) is 12.1 Å². The number of nitrogens with one attached hydrogen (secondary N) is 1. The minimum Gasteiger partial charge on any atom is -0.368 e. The molecule has 0 radical (unpaired) electrons. The Kier molecular flexibility index (Phi) is 4.69. The van der Waals surface area contributed by atoms with Crippen molar-refractivity contribution < 1.29 is 4.79 Å². The number of carbonyl (C=O) groups excluding carboxylic acids is 1. The van der Waals surface area contributed by atoms with Gasteiger partial charge >= 0.3 is 5.69 Å². The summed E-state index contributed by atoms with van der Waals surface area (Å²) in [6, 6.07) is 7.30. The summed E-state index contributed by atoms with van der Waals surface area (Å²) in [4.78, 5) is 41.9. The van der Waals surface area contributed by atoms with Gasteiger partial charge in [0.2, 0.25) is 5.91 Å². The number of hydrogen-bond donors (Lipinski definition) is 2. The van der Waals surface area contributed by atoms with E-state index in [2.05, 4.69) is 9.97 Å². The van der Waals surface area contributed by atoms with Crippen LogP contribution in [0.2, 0.25) is 5.02 Å². The van der Waals surface area contributed by atoms with Crippen molar-refractivity contribution in [2.75, 3.05) is 0 Å². The third kappa shape index (κ3) is 3.47. The summed E-state index contributed by atoms with van der Waals surface area (Å²) in [5, 5.41) is 1.06. The number of thioether (sulfide) groups is 1. The number of hydrogen-bond acceptors (Lipinski definition) is 5. The molecule has 1 aromatic carbocycles. The minimum atomic E-state index is -0.610. The summed E-state index contributed by atoms with van der Waals surface area (Å²) in [7, 11) is 1.50. The summed E-state index contributed by atoms with van der Waals surface area (Å²) in [5.74, 6) is -0.0636. The Morgan fingerprint density at radius 2 is 2.00 bits per heavy atom. The molecule has 3 N–H and O–H groups in total. The molecule has 0 atom stereocenters. The van der Waals surface area contributed by atoms with E-state index < -0.39 is 17.2 Å². The fourth-order valence-electron chi connectivity index (χ4n) is 2.36. The number of nitrogens with two attached hydrogens (primary N) is 1. The molecule has 0 saturated carbocycles. The Hall–Kier alpha value is -2.52. The van der Waals surface area contributed by atoms with Gasteiger partial charge in [0.15, 0.2) is 16.3 Å². The third-order valence-electron chi connectivity index (χ3n) is 3.57. The quantitative estimate of drug-likeness (QED) is 0.638. The van der Waals surface area contributed by atoms with Crippen LogP contribution in [0.25, 0.3) is 11.2 Å². The van der Waals surface area contributed by atoms with E-state index in [0.717, 1.165) is 5.56 Å². The topological polar surface area (TPSA) is 116 Å². The van der Waals surface area contributed by atoms with Gasteiger partial charge in [-0.3, -0.25) is 19.1 Å². The molecule has 130 valence electrons. The Morgan fingerprint density at radius 3 is 2.64 bits per heavy atom. The number of H-pyrrole nitrogens is 1. The standard InChI is InChI=1S/C15H14ClN5O3S/c1-20-12-11(13(23)19-14(20)24)21(6-10(17)22)15(18-12)25-7-8-2-4-9(16)5-3-8/h2-5H,6-7H2,1H3,(H2,17,22)(H,19,23,24). The van der Waals surface area contributed by atoms with E-state index in [-0.39, 0.29) is 17.7 Å². The highest BCUT2D eigenvalue weighted by atomic mass is 35.5. The molecule has 8 nitrogen and oxygen atoms in total. The van der Waals surface area contributed by atoms with Gasteiger partial charge in [0.05, 0.1) is 0 Å². The molecule has 0 fully saturated rings. The number of amides is 1. The SMILES string of the molecule is Cn1c(=O)[nH]c(=O)c2c1nc(SCc1ccc(Cl)cc1)n2CC(N)=O. The number of benzene rings is 1. The molecule has 0 aliphatic heterocycles. The first kappa shape index (κ1) is 17.3. The first-order valence-electron chi connectivity index (χ1n) is 7.22. The van der Waals surface area contributed by atoms with Crippen molar-refractivity contribution in [1.82, 2.24) is 19.1 Å². The van der Waals surface area contributed by atoms with Crippen molar-refractivity contribution in [3.63, 3.8) is 0 Å². The van der Waals surface area contributed by atoms with E-state index in [0.29, 0.717) is 15.9 Å². The molecule has 0 bridgehead atoms. The van der Waals surface area contributed by atoms with E-state index in [4.69, 9.17) is 17.3 Å².